The first-order valence-electron chi connectivity index (χ1n) is 9.98. The van der Waals surface area contributed by atoms with Crippen LogP contribution >= 0.6 is 0 Å². The van der Waals surface area contributed by atoms with Crippen LogP contribution in [0.4, 0.5) is 0 Å². The highest BCUT2D eigenvalue weighted by molar-refractivity contribution is 5.76. The molecule has 29 heavy (non-hydrogen) atoms. The quantitative estimate of drug-likeness (QED) is 0.452. The molecule has 4 rings (SSSR count). The van der Waals surface area contributed by atoms with Crippen LogP contribution in [0.3, 0.4) is 0 Å². The summed E-state index contributed by atoms with van der Waals surface area (Å²) in [7, 11) is 0. The summed E-state index contributed by atoms with van der Waals surface area (Å²) in [5.74, 6) is 1.11. The maximum Gasteiger partial charge on any atom is 0.131 e. The maximum absolute atomic E-state index is 4.87. The van der Waals surface area contributed by atoms with Gasteiger partial charge in [0.25, 0.3) is 0 Å². The summed E-state index contributed by atoms with van der Waals surface area (Å²) in [6, 6.07) is 16.6. The Morgan fingerprint density at radius 1 is 0.862 bits per heavy atom. The van der Waals surface area contributed by atoms with E-state index in [2.05, 4.69) is 59.6 Å². The van der Waals surface area contributed by atoms with Crippen LogP contribution in [-0.2, 0) is 6.42 Å². The van der Waals surface area contributed by atoms with Gasteiger partial charge in [-0.1, -0.05) is 44.2 Å². The van der Waals surface area contributed by atoms with Crippen LogP contribution in [0.15, 0.2) is 73.4 Å². The van der Waals surface area contributed by atoms with E-state index in [0.717, 1.165) is 34.9 Å². The van der Waals surface area contributed by atoms with E-state index in [9.17, 15) is 0 Å². The number of nitrogens with zero attached hydrogens (tertiary/aromatic N) is 5. The van der Waals surface area contributed by atoms with Crippen LogP contribution in [0.5, 0.6) is 0 Å². The van der Waals surface area contributed by atoms with Gasteiger partial charge in [-0.3, -0.25) is 4.98 Å². The van der Waals surface area contributed by atoms with Gasteiger partial charge in [0.1, 0.15) is 5.82 Å². The number of hydrogen-bond donors (Lipinski definition) is 0. The van der Waals surface area contributed by atoms with Gasteiger partial charge >= 0.3 is 0 Å². The zero-order chi connectivity index (χ0) is 20.2. The van der Waals surface area contributed by atoms with Gasteiger partial charge in [0.15, 0.2) is 0 Å². The third-order valence-corrected chi connectivity index (χ3v) is 5.03. The Bertz CT molecular complexity index is 1070. The van der Waals surface area contributed by atoms with Crippen molar-refractivity contribution in [3.05, 3.63) is 84.8 Å². The highest BCUT2D eigenvalue weighted by atomic mass is 15.1. The molecule has 146 valence electrons. The van der Waals surface area contributed by atoms with Gasteiger partial charge in [-0.15, -0.1) is 0 Å². The highest BCUT2D eigenvalue weighted by Crippen LogP contribution is 2.33. The van der Waals surface area contributed by atoms with Crippen LogP contribution < -0.4 is 0 Å². The molecule has 0 saturated carbocycles. The molecule has 0 spiro atoms. The molecular formula is C24H25N5. The first kappa shape index (κ1) is 19.0. The minimum Gasteiger partial charge on any atom is -0.326 e. The topological polar surface area (TPSA) is 56.5 Å². The predicted molar refractivity (Wildman–Crippen MR) is 115 cm³/mol. The Hall–Kier alpha value is -3.34. The number of aromatic nitrogens is 5. The lowest BCUT2D eigenvalue weighted by Gasteiger charge is -2.18. The Balaban J connectivity index is 1.82. The van der Waals surface area contributed by atoms with E-state index in [1.165, 1.54) is 5.56 Å². The van der Waals surface area contributed by atoms with E-state index in [0.29, 0.717) is 0 Å². The number of pyridine rings is 1. The third-order valence-electron chi connectivity index (χ3n) is 5.03. The standard InChI is InChI=1S/C24H25N5/c1-17(2)24-26-14-11-21(28-24)23-22(20-7-5-4-6-8-20)27-16-29(23)18(3)15-19-9-12-25-13-10-19/h4-14,16-18H,15H2,1-3H3. The van der Waals surface area contributed by atoms with Crippen molar-refractivity contribution in [2.24, 2.45) is 0 Å². The van der Waals surface area contributed by atoms with E-state index < -0.39 is 0 Å². The molecule has 0 saturated heterocycles. The summed E-state index contributed by atoms with van der Waals surface area (Å²) < 4.78 is 2.23. The lowest BCUT2D eigenvalue weighted by atomic mass is 10.1. The van der Waals surface area contributed by atoms with Gasteiger partial charge in [-0.05, 0) is 37.1 Å². The number of imidazole rings is 1. The molecule has 1 atom stereocenters. The Labute approximate surface area is 171 Å². The van der Waals surface area contributed by atoms with Crippen LogP contribution in [0.2, 0.25) is 0 Å². The lowest BCUT2D eigenvalue weighted by Crippen LogP contribution is -2.10. The van der Waals surface area contributed by atoms with Crippen molar-refractivity contribution in [3.63, 3.8) is 0 Å². The Morgan fingerprint density at radius 3 is 2.34 bits per heavy atom. The monoisotopic (exact) mass is 383 g/mol. The molecule has 5 heteroatoms. The second kappa shape index (κ2) is 8.35. The largest absolute Gasteiger partial charge is 0.326 e. The van der Waals surface area contributed by atoms with Crippen LogP contribution in [0.1, 0.15) is 44.1 Å². The molecule has 3 heterocycles. The molecule has 1 unspecified atom stereocenters. The first-order valence-corrected chi connectivity index (χ1v) is 9.98. The van der Waals surface area contributed by atoms with Crippen molar-refractivity contribution < 1.29 is 0 Å². The summed E-state index contributed by atoms with van der Waals surface area (Å²) in [5, 5.41) is 0. The minimum atomic E-state index is 0.217. The van der Waals surface area contributed by atoms with Gasteiger partial charge in [0.2, 0.25) is 0 Å². The molecule has 0 bridgehead atoms. The maximum atomic E-state index is 4.87. The van der Waals surface area contributed by atoms with Crippen molar-refractivity contribution in [1.82, 2.24) is 24.5 Å². The number of rotatable bonds is 6. The summed E-state index contributed by atoms with van der Waals surface area (Å²) >= 11 is 0. The van der Waals surface area contributed by atoms with E-state index in [4.69, 9.17) is 9.97 Å². The first-order chi connectivity index (χ1) is 14.1. The second-order valence-corrected chi connectivity index (χ2v) is 7.58. The van der Waals surface area contributed by atoms with Gasteiger partial charge in [-0.25, -0.2) is 15.0 Å². The van der Waals surface area contributed by atoms with Crippen molar-refractivity contribution >= 4 is 0 Å². The minimum absolute atomic E-state index is 0.217. The zero-order valence-corrected chi connectivity index (χ0v) is 17.0. The predicted octanol–water partition coefficient (Wildman–Crippen LogP) is 5.33. The molecule has 0 N–H and O–H groups in total. The van der Waals surface area contributed by atoms with Gasteiger partial charge in [0.05, 0.1) is 23.4 Å². The number of benzene rings is 1. The fraction of sp³-hybridized carbons (Fsp3) is 0.250. The van der Waals surface area contributed by atoms with Gasteiger partial charge in [0, 0.05) is 36.1 Å². The average Bonchev–Trinajstić information content (AvgIpc) is 3.20. The molecule has 0 fully saturated rings. The van der Waals surface area contributed by atoms with E-state index in [-0.39, 0.29) is 12.0 Å². The van der Waals surface area contributed by atoms with Crippen molar-refractivity contribution in [3.8, 4) is 22.6 Å². The number of hydrogen-bond acceptors (Lipinski definition) is 4. The van der Waals surface area contributed by atoms with Gasteiger partial charge in [-0.2, -0.15) is 0 Å². The molecule has 4 aromatic rings. The Kier molecular flexibility index (Phi) is 5.47. The van der Waals surface area contributed by atoms with Crippen molar-refractivity contribution in [1.29, 1.82) is 0 Å². The molecule has 0 radical (unpaired) electrons. The molecule has 0 aliphatic heterocycles. The molecular weight excluding hydrogens is 358 g/mol. The molecule has 0 amide bonds. The fourth-order valence-corrected chi connectivity index (χ4v) is 3.50. The second-order valence-electron chi connectivity index (χ2n) is 7.58. The smallest absolute Gasteiger partial charge is 0.131 e. The lowest BCUT2D eigenvalue weighted by molar-refractivity contribution is 0.548. The van der Waals surface area contributed by atoms with E-state index in [1.807, 2.05) is 49.2 Å². The van der Waals surface area contributed by atoms with Crippen molar-refractivity contribution in [2.45, 2.75) is 39.2 Å². The molecule has 5 nitrogen and oxygen atoms in total. The normalized spacial score (nSPS) is 12.3. The summed E-state index contributed by atoms with van der Waals surface area (Å²) in [6.07, 6.45) is 8.34. The fourth-order valence-electron chi connectivity index (χ4n) is 3.50. The zero-order valence-electron chi connectivity index (χ0n) is 17.0. The van der Waals surface area contributed by atoms with E-state index in [1.54, 1.807) is 0 Å². The van der Waals surface area contributed by atoms with Crippen molar-refractivity contribution in [2.75, 3.05) is 0 Å². The third kappa shape index (κ3) is 4.09. The van der Waals surface area contributed by atoms with Crippen LogP contribution in [0, 0.1) is 0 Å². The summed E-state index contributed by atoms with van der Waals surface area (Å²) in [5.41, 5.74) is 5.21. The van der Waals surface area contributed by atoms with Crippen LogP contribution in [0.25, 0.3) is 22.6 Å². The molecule has 0 aliphatic carbocycles. The molecule has 1 aromatic carbocycles. The molecule has 0 aliphatic rings. The summed E-state index contributed by atoms with van der Waals surface area (Å²) in [6.45, 7) is 6.44. The van der Waals surface area contributed by atoms with Crippen LogP contribution in [-0.4, -0.2) is 24.5 Å². The average molecular weight is 383 g/mol. The Morgan fingerprint density at radius 2 is 1.62 bits per heavy atom. The summed E-state index contributed by atoms with van der Waals surface area (Å²) in [4.78, 5) is 18.2. The van der Waals surface area contributed by atoms with Gasteiger partial charge < -0.3 is 4.57 Å². The van der Waals surface area contributed by atoms with E-state index >= 15 is 0 Å². The highest BCUT2D eigenvalue weighted by Gasteiger charge is 2.20. The SMILES string of the molecule is CC(C)c1nccc(-c2c(-c3ccccc3)ncn2C(C)Cc2ccncc2)n1. The molecule has 3 aromatic heterocycles.